The minimum Gasteiger partial charge on any atom is -0.394 e. The summed E-state index contributed by atoms with van der Waals surface area (Å²) >= 11 is 0. The highest BCUT2D eigenvalue weighted by Crippen LogP contribution is 2.30. The normalized spacial score (nSPS) is 23.1. The van der Waals surface area contributed by atoms with Crippen molar-refractivity contribution >= 4 is 5.91 Å². The molecule has 2 aliphatic rings. The SMILES string of the molecule is CC/C=C\C/C=C\C/C=C\C/C=C\C/C=C\C/C=C\C/C=C\C/C=C\CCCCCCCCCCCCCCC(=O)NC(COC1OC(CO)C(OC2OC(CO)C(O)C(O)C2O)C(O)C1O)C(O)/C=C/CC/C=C/CCCCCCCCCCCCCCCCCCCC. The number of ether oxygens (including phenoxy) is 4. The summed E-state index contributed by atoms with van der Waals surface area (Å²) in [6.07, 6.45) is 76.9. The van der Waals surface area contributed by atoms with Gasteiger partial charge in [0.05, 0.1) is 32.0 Å². The number of unbranched alkanes of at least 4 members (excludes halogenated alkanes) is 31. The van der Waals surface area contributed by atoms with Gasteiger partial charge in [0.15, 0.2) is 12.6 Å². The summed E-state index contributed by atoms with van der Waals surface area (Å²) in [5.41, 5.74) is 0. The van der Waals surface area contributed by atoms with Crippen molar-refractivity contribution < 1.29 is 64.6 Å². The van der Waals surface area contributed by atoms with E-state index in [-0.39, 0.29) is 18.9 Å². The van der Waals surface area contributed by atoms with Gasteiger partial charge in [-0.3, -0.25) is 4.79 Å². The van der Waals surface area contributed by atoms with Crippen molar-refractivity contribution in [3.05, 3.63) is 122 Å². The van der Waals surface area contributed by atoms with Crippen LogP contribution in [0.15, 0.2) is 122 Å². The number of allylic oxidation sites excluding steroid dienone is 19. The topological polar surface area (TPSA) is 228 Å². The zero-order chi connectivity index (χ0) is 68.7. The standard InChI is InChI=1S/C81H139NO13/c1-3-5-7-9-11-13-15-17-19-21-23-25-27-29-30-31-32-33-34-35-36-37-38-39-40-41-43-45-47-49-51-53-55-57-59-61-63-65-73(86)82-69(68-92-80-78(91)76(89)79(72(67-84)94-80)95-81-77(90)75(88)74(87)71(66-83)93-81)70(85)64-62-60-58-56-54-52-50-48-46-44-42-28-26-24-22-20-18-16-14-12-10-8-6-4-2/h5,7,11,13,17,19,23,25,29-30,32-33,35-36,38-39,54,56,62,64,69-72,74-81,83-85,87-91H,3-4,6,8-10,12,14-16,18,20-22,24,26-28,31,34,37,40-53,55,57-61,63,65-68H2,1-2H3,(H,82,86)/b7-5-,13-11-,19-17-,25-23-,30-29-,33-32-,36-35-,39-38-,56-54+,64-62+. The van der Waals surface area contributed by atoms with Crippen molar-refractivity contribution in [2.75, 3.05) is 19.8 Å². The highest BCUT2D eigenvalue weighted by molar-refractivity contribution is 5.76. The predicted molar refractivity (Wildman–Crippen MR) is 392 cm³/mol. The Balaban J connectivity index is 1.65. The Kier molecular flexibility index (Phi) is 58.8. The van der Waals surface area contributed by atoms with Crippen LogP contribution in [-0.2, 0) is 23.7 Å². The second-order valence-electron chi connectivity index (χ2n) is 26.4. The third-order valence-corrected chi connectivity index (χ3v) is 17.9. The van der Waals surface area contributed by atoms with Crippen molar-refractivity contribution in [2.24, 2.45) is 0 Å². The van der Waals surface area contributed by atoms with Gasteiger partial charge < -0.3 is 65.1 Å². The average molecular weight is 1330 g/mol. The third-order valence-electron chi connectivity index (χ3n) is 17.9. The minimum atomic E-state index is -1.80. The first-order valence-corrected chi connectivity index (χ1v) is 38.3. The van der Waals surface area contributed by atoms with Gasteiger partial charge >= 0.3 is 0 Å². The zero-order valence-corrected chi connectivity index (χ0v) is 59.6. The van der Waals surface area contributed by atoms with E-state index >= 15 is 0 Å². The van der Waals surface area contributed by atoms with Gasteiger partial charge in [-0.15, -0.1) is 0 Å². The van der Waals surface area contributed by atoms with E-state index in [9.17, 15) is 45.6 Å². The van der Waals surface area contributed by atoms with Gasteiger partial charge in [-0.25, -0.2) is 0 Å². The Morgan fingerprint density at radius 2 is 0.737 bits per heavy atom. The van der Waals surface area contributed by atoms with Crippen LogP contribution in [0.2, 0.25) is 0 Å². The number of aliphatic hydroxyl groups excluding tert-OH is 8. The van der Waals surface area contributed by atoms with E-state index in [1.165, 1.54) is 167 Å². The van der Waals surface area contributed by atoms with E-state index < -0.39 is 86.8 Å². The monoisotopic (exact) mass is 1330 g/mol. The van der Waals surface area contributed by atoms with Crippen molar-refractivity contribution in [2.45, 2.75) is 364 Å². The summed E-state index contributed by atoms with van der Waals surface area (Å²) in [6, 6.07) is -0.942. The lowest BCUT2D eigenvalue weighted by Crippen LogP contribution is -2.65. The molecule has 2 rings (SSSR count). The Hall–Kier alpha value is -3.61. The molecule has 14 heteroatoms. The van der Waals surface area contributed by atoms with Crippen LogP contribution in [0.25, 0.3) is 0 Å². The lowest BCUT2D eigenvalue weighted by atomic mass is 9.97. The molecule has 95 heavy (non-hydrogen) atoms. The Labute approximate surface area is 578 Å². The summed E-state index contributed by atoms with van der Waals surface area (Å²) in [6.45, 7) is 2.69. The molecule has 546 valence electrons. The number of carbonyl (C=O) groups excluding carboxylic acids is 1. The molecular formula is C81H139NO13. The molecule has 12 atom stereocenters. The van der Waals surface area contributed by atoms with Crippen LogP contribution in [0.5, 0.6) is 0 Å². The van der Waals surface area contributed by atoms with Gasteiger partial charge in [0.2, 0.25) is 5.91 Å². The molecule has 2 aliphatic heterocycles. The fraction of sp³-hybridized carbons (Fsp3) is 0.741. The molecule has 0 aromatic carbocycles. The largest absolute Gasteiger partial charge is 0.394 e. The average Bonchev–Trinajstić information content (AvgIpc) is 0.927. The zero-order valence-electron chi connectivity index (χ0n) is 59.6. The number of aliphatic hydroxyl groups is 8. The maximum atomic E-state index is 13.4. The fourth-order valence-electron chi connectivity index (χ4n) is 11.9. The van der Waals surface area contributed by atoms with Crippen molar-refractivity contribution in [3.63, 3.8) is 0 Å². The first-order chi connectivity index (χ1) is 46.6. The van der Waals surface area contributed by atoms with E-state index in [0.29, 0.717) is 12.8 Å². The van der Waals surface area contributed by atoms with Crippen molar-refractivity contribution in [3.8, 4) is 0 Å². The van der Waals surface area contributed by atoms with Crippen LogP contribution in [0.1, 0.15) is 290 Å². The van der Waals surface area contributed by atoms with Crippen molar-refractivity contribution in [1.82, 2.24) is 5.32 Å². The molecule has 0 aromatic heterocycles. The van der Waals surface area contributed by atoms with Gasteiger partial charge in [-0.2, -0.15) is 0 Å². The van der Waals surface area contributed by atoms with Gasteiger partial charge in [0.1, 0.15) is 48.8 Å². The highest BCUT2D eigenvalue weighted by Gasteiger charge is 2.51. The molecule has 0 saturated carbocycles. The number of rotatable bonds is 62. The summed E-state index contributed by atoms with van der Waals surface area (Å²) in [5.74, 6) is -0.253. The van der Waals surface area contributed by atoms with E-state index in [1.54, 1.807) is 6.08 Å². The maximum absolute atomic E-state index is 13.4. The molecule has 9 N–H and O–H groups in total. The van der Waals surface area contributed by atoms with Crippen LogP contribution >= 0.6 is 0 Å². The van der Waals surface area contributed by atoms with E-state index in [0.717, 1.165) is 89.9 Å². The minimum absolute atomic E-state index is 0.253. The van der Waals surface area contributed by atoms with Gasteiger partial charge in [0.25, 0.3) is 0 Å². The number of hydrogen-bond acceptors (Lipinski definition) is 13. The smallest absolute Gasteiger partial charge is 0.220 e. The summed E-state index contributed by atoms with van der Waals surface area (Å²) in [4.78, 5) is 13.4. The molecule has 2 heterocycles. The molecule has 0 bridgehead atoms. The van der Waals surface area contributed by atoms with Gasteiger partial charge in [-0.1, -0.05) is 309 Å². The maximum Gasteiger partial charge on any atom is 0.220 e. The Morgan fingerprint density at radius 3 is 1.16 bits per heavy atom. The predicted octanol–water partition coefficient (Wildman–Crippen LogP) is 16.8. The van der Waals surface area contributed by atoms with Crippen LogP contribution in [0.3, 0.4) is 0 Å². The van der Waals surface area contributed by atoms with Crippen LogP contribution in [0.4, 0.5) is 0 Å². The quantitative estimate of drug-likeness (QED) is 0.0204. The van der Waals surface area contributed by atoms with E-state index in [4.69, 9.17) is 18.9 Å². The number of nitrogens with one attached hydrogen (secondary N) is 1. The highest BCUT2D eigenvalue weighted by atomic mass is 16.7. The first-order valence-electron chi connectivity index (χ1n) is 38.3. The number of hydrogen-bond donors (Lipinski definition) is 9. The Bertz CT molecular complexity index is 2060. The van der Waals surface area contributed by atoms with Gasteiger partial charge in [-0.05, 0) is 96.3 Å². The lowest BCUT2D eigenvalue weighted by Gasteiger charge is -2.46. The molecule has 0 aromatic rings. The lowest BCUT2D eigenvalue weighted by molar-refractivity contribution is -0.359. The van der Waals surface area contributed by atoms with E-state index in [2.05, 4.69) is 129 Å². The molecule has 14 nitrogen and oxygen atoms in total. The first kappa shape index (κ1) is 87.5. The summed E-state index contributed by atoms with van der Waals surface area (Å²) in [7, 11) is 0. The summed E-state index contributed by atoms with van der Waals surface area (Å²) < 4.78 is 22.9. The third kappa shape index (κ3) is 47.1. The molecule has 1 amide bonds. The van der Waals surface area contributed by atoms with Gasteiger partial charge in [0, 0.05) is 6.42 Å². The van der Waals surface area contributed by atoms with Crippen molar-refractivity contribution in [1.29, 1.82) is 0 Å². The molecule has 12 unspecified atom stereocenters. The van der Waals surface area contributed by atoms with Crippen LogP contribution in [0, 0.1) is 0 Å². The second kappa shape index (κ2) is 63.8. The molecule has 0 radical (unpaired) electrons. The van der Waals surface area contributed by atoms with Crippen LogP contribution in [-0.4, -0.2) is 140 Å². The molecule has 2 saturated heterocycles. The molecule has 0 spiro atoms. The van der Waals surface area contributed by atoms with E-state index in [1.807, 2.05) is 6.08 Å². The fourth-order valence-corrected chi connectivity index (χ4v) is 11.9. The molecular weight excluding hydrogens is 1190 g/mol. The Morgan fingerprint density at radius 1 is 0.389 bits per heavy atom. The number of carbonyl (C=O) groups is 1. The number of amides is 1. The second-order valence-corrected chi connectivity index (χ2v) is 26.4. The summed E-state index contributed by atoms with van der Waals surface area (Å²) in [5, 5.41) is 87.6. The molecule has 0 aliphatic carbocycles. The van der Waals surface area contributed by atoms with Crippen LogP contribution < -0.4 is 5.32 Å². The molecule has 2 fully saturated rings.